The number of rotatable bonds is 19. The highest BCUT2D eigenvalue weighted by Crippen LogP contribution is 2.48. The minimum absolute atomic E-state index is 0.00785. The molecule has 240 valence electrons. The van der Waals surface area contributed by atoms with Crippen LogP contribution in [0.5, 0.6) is 0 Å². The normalized spacial score (nSPS) is 17.8. The number of fused-ring (bicyclic) bond motifs is 2. The van der Waals surface area contributed by atoms with Gasteiger partial charge in [-0.15, -0.1) is 0 Å². The lowest BCUT2D eigenvalue weighted by Gasteiger charge is -2.37. The molecule has 0 bridgehead atoms. The average molecular weight is 638 g/mol. The number of methoxy groups -OCH3 is 4. The highest BCUT2D eigenvalue weighted by molar-refractivity contribution is 7.99. The summed E-state index contributed by atoms with van der Waals surface area (Å²) in [4.78, 5) is 10.0. The molecule has 2 aliphatic heterocycles. The summed E-state index contributed by atoms with van der Waals surface area (Å²) in [5.74, 6) is 0. The van der Waals surface area contributed by atoms with Crippen molar-refractivity contribution in [1.82, 2.24) is 9.80 Å². The van der Waals surface area contributed by atoms with Crippen LogP contribution in [-0.2, 0) is 28.4 Å². The van der Waals surface area contributed by atoms with E-state index in [2.05, 4.69) is 51.1 Å². The van der Waals surface area contributed by atoms with Crippen LogP contribution in [0.4, 0.5) is 11.4 Å². The Morgan fingerprint density at radius 1 is 0.698 bits per heavy atom. The molecule has 1 saturated heterocycles. The zero-order chi connectivity index (χ0) is 30.4. The van der Waals surface area contributed by atoms with Crippen LogP contribution in [-0.4, -0.2) is 135 Å². The SMILES string of the molecule is COCC(COCC(COCC(CN1CCN(CCCN2c3ccccc3Sc3ccc(Cl)cc32)CC1)OC)OC)OC. The summed E-state index contributed by atoms with van der Waals surface area (Å²) < 4.78 is 33.4. The van der Waals surface area contributed by atoms with Gasteiger partial charge in [-0.3, -0.25) is 4.90 Å². The molecule has 1 fully saturated rings. The Labute approximate surface area is 266 Å². The maximum absolute atomic E-state index is 6.39. The van der Waals surface area contributed by atoms with E-state index >= 15 is 0 Å². The number of halogens is 1. The van der Waals surface area contributed by atoms with Crippen molar-refractivity contribution < 1.29 is 28.4 Å². The Balaban J connectivity index is 1.14. The molecule has 11 heteroatoms. The van der Waals surface area contributed by atoms with E-state index < -0.39 is 0 Å². The quantitative estimate of drug-likeness (QED) is 0.217. The zero-order valence-corrected chi connectivity index (χ0v) is 27.6. The molecule has 2 aromatic rings. The highest BCUT2D eigenvalue weighted by atomic mass is 35.5. The Hall–Kier alpha value is -1.44. The molecule has 0 amide bonds. The molecule has 43 heavy (non-hydrogen) atoms. The molecule has 0 spiro atoms. The molecule has 2 heterocycles. The summed E-state index contributed by atoms with van der Waals surface area (Å²) in [5, 5.41) is 0.779. The summed E-state index contributed by atoms with van der Waals surface area (Å²) in [7, 11) is 6.73. The Morgan fingerprint density at radius 3 is 1.98 bits per heavy atom. The fourth-order valence-electron chi connectivity index (χ4n) is 5.39. The van der Waals surface area contributed by atoms with Crippen molar-refractivity contribution in [3.05, 3.63) is 47.5 Å². The van der Waals surface area contributed by atoms with Crippen LogP contribution in [0.2, 0.25) is 5.02 Å². The summed E-state index contributed by atoms with van der Waals surface area (Å²) in [6.07, 6.45) is 0.852. The van der Waals surface area contributed by atoms with Crippen LogP contribution in [0.25, 0.3) is 0 Å². The second kappa shape index (κ2) is 18.5. The van der Waals surface area contributed by atoms with Crippen molar-refractivity contribution in [2.75, 3.05) is 112 Å². The maximum Gasteiger partial charge on any atom is 0.104 e. The Kier molecular flexibility index (Phi) is 14.8. The molecule has 0 aromatic heterocycles. The molecular formula is C32H48ClN3O6S. The van der Waals surface area contributed by atoms with Crippen LogP contribution in [0.3, 0.4) is 0 Å². The lowest BCUT2D eigenvalue weighted by atomic mass is 10.2. The van der Waals surface area contributed by atoms with E-state index in [4.69, 9.17) is 40.0 Å². The van der Waals surface area contributed by atoms with Crippen LogP contribution in [0.1, 0.15) is 6.42 Å². The van der Waals surface area contributed by atoms with E-state index in [0.29, 0.717) is 33.0 Å². The Morgan fingerprint density at radius 2 is 1.30 bits per heavy atom. The second-order valence-electron chi connectivity index (χ2n) is 10.9. The first kappa shape index (κ1) is 34.4. The summed E-state index contributed by atoms with van der Waals surface area (Å²) in [6.45, 7) is 9.39. The van der Waals surface area contributed by atoms with E-state index in [1.807, 2.05) is 17.8 Å². The van der Waals surface area contributed by atoms with Gasteiger partial charge in [0.25, 0.3) is 0 Å². The minimum atomic E-state index is -0.149. The first-order chi connectivity index (χ1) is 21.0. The largest absolute Gasteiger partial charge is 0.382 e. The lowest BCUT2D eigenvalue weighted by molar-refractivity contribution is -0.0851. The fraction of sp³-hybridized carbons (Fsp3) is 0.625. The molecule has 9 nitrogen and oxygen atoms in total. The van der Waals surface area contributed by atoms with Crippen LogP contribution in [0, 0.1) is 0 Å². The minimum Gasteiger partial charge on any atom is -0.382 e. The van der Waals surface area contributed by atoms with Gasteiger partial charge in [0.2, 0.25) is 0 Å². The van der Waals surface area contributed by atoms with Gasteiger partial charge in [-0.05, 0) is 43.3 Å². The third-order valence-electron chi connectivity index (χ3n) is 7.94. The van der Waals surface area contributed by atoms with Crippen LogP contribution < -0.4 is 4.90 Å². The molecule has 0 N–H and O–H groups in total. The first-order valence-electron chi connectivity index (χ1n) is 15.1. The van der Waals surface area contributed by atoms with Gasteiger partial charge in [0, 0.05) is 82.5 Å². The van der Waals surface area contributed by atoms with Gasteiger partial charge >= 0.3 is 0 Å². The smallest absolute Gasteiger partial charge is 0.104 e. The third kappa shape index (κ3) is 10.6. The third-order valence-corrected chi connectivity index (χ3v) is 9.30. The number of nitrogens with zero attached hydrogens (tertiary/aromatic N) is 3. The van der Waals surface area contributed by atoms with Crippen molar-refractivity contribution in [1.29, 1.82) is 0 Å². The number of hydrogen-bond acceptors (Lipinski definition) is 10. The van der Waals surface area contributed by atoms with Gasteiger partial charge in [0.1, 0.15) is 12.2 Å². The van der Waals surface area contributed by atoms with Crippen molar-refractivity contribution >= 4 is 34.7 Å². The van der Waals surface area contributed by atoms with Gasteiger partial charge in [0.05, 0.1) is 50.5 Å². The lowest BCUT2D eigenvalue weighted by Crippen LogP contribution is -2.49. The predicted octanol–water partition coefficient (Wildman–Crippen LogP) is 4.68. The van der Waals surface area contributed by atoms with Crippen molar-refractivity contribution in [3.8, 4) is 0 Å². The number of anilines is 2. The topological polar surface area (TPSA) is 65.1 Å². The summed E-state index contributed by atoms with van der Waals surface area (Å²) in [6, 6.07) is 14.9. The molecule has 0 aliphatic carbocycles. The zero-order valence-electron chi connectivity index (χ0n) is 26.0. The number of hydrogen-bond donors (Lipinski definition) is 0. The fourth-order valence-corrected chi connectivity index (χ4v) is 6.63. The van der Waals surface area contributed by atoms with Gasteiger partial charge in [0.15, 0.2) is 0 Å². The van der Waals surface area contributed by atoms with Gasteiger partial charge in [-0.2, -0.15) is 0 Å². The van der Waals surface area contributed by atoms with E-state index in [-0.39, 0.29) is 18.3 Å². The van der Waals surface area contributed by atoms with Gasteiger partial charge < -0.3 is 38.2 Å². The van der Waals surface area contributed by atoms with E-state index in [1.165, 1.54) is 21.2 Å². The molecule has 0 radical (unpaired) electrons. The second-order valence-corrected chi connectivity index (χ2v) is 12.5. The van der Waals surface area contributed by atoms with Crippen molar-refractivity contribution in [2.45, 2.75) is 34.5 Å². The van der Waals surface area contributed by atoms with E-state index in [9.17, 15) is 0 Å². The first-order valence-corrected chi connectivity index (χ1v) is 16.3. The van der Waals surface area contributed by atoms with Crippen molar-refractivity contribution in [3.63, 3.8) is 0 Å². The number of para-hydroxylation sites is 1. The number of benzene rings is 2. The van der Waals surface area contributed by atoms with Crippen molar-refractivity contribution in [2.24, 2.45) is 0 Å². The average Bonchev–Trinajstić information content (AvgIpc) is 3.03. The maximum atomic E-state index is 6.39. The molecule has 3 atom stereocenters. The number of ether oxygens (including phenoxy) is 6. The van der Waals surface area contributed by atoms with E-state index in [0.717, 1.165) is 57.3 Å². The van der Waals surface area contributed by atoms with Gasteiger partial charge in [-0.25, -0.2) is 0 Å². The summed E-state index contributed by atoms with van der Waals surface area (Å²) in [5.41, 5.74) is 2.48. The Bertz CT molecular complexity index is 1090. The predicted molar refractivity (Wildman–Crippen MR) is 172 cm³/mol. The molecule has 4 rings (SSSR count). The monoisotopic (exact) mass is 637 g/mol. The molecular weight excluding hydrogens is 590 g/mol. The van der Waals surface area contributed by atoms with Crippen LogP contribution in [0.15, 0.2) is 52.3 Å². The molecule has 3 unspecified atom stereocenters. The highest BCUT2D eigenvalue weighted by Gasteiger charge is 2.25. The molecule has 2 aromatic carbocycles. The number of piperazine rings is 1. The molecule has 0 saturated carbocycles. The van der Waals surface area contributed by atoms with Crippen LogP contribution >= 0.6 is 23.4 Å². The van der Waals surface area contributed by atoms with E-state index in [1.54, 1.807) is 28.4 Å². The van der Waals surface area contributed by atoms with Gasteiger partial charge in [-0.1, -0.05) is 35.5 Å². The molecule has 2 aliphatic rings. The summed E-state index contributed by atoms with van der Waals surface area (Å²) >= 11 is 8.21. The standard InChI is InChI=1S/C32H48ClN3O6S/c1-37-20-27(39-3)22-42-24-28(40-4)23-41-21-26(38-2)19-35-16-14-34(15-17-35)12-7-13-36-29-8-5-6-9-31(29)43-32-11-10-25(33)18-30(32)36/h5-6,8-11,18,26-28H,7,12-17,19-24H2,1-4H3.